The zero-order valence-electron chi connectivity index (χ0n) is 36.3. The normalized spacial score (nSPS) is 22.4. The van der Waals surface area contributed by atoms with Crippen LogP contribution >= 0.6 is 11.6 Å². The lowest BCUT2D eigenvalue weighted by Gasteiger charge is -2.38. The van der Waals surface area contributed by atoms with Gasteiger partial charge in [0.05, 0.1) is 23.2 Å². The summed E-state index contributed by atoms with van der Waals surface area (Å²) in [5.41, 5.74) is 6.24. The maximum atomic E-state index is 16.2. The van der Waals surface area contributed by atoms with Gasteiger partial charge in [0.25, 0.3) is 0 Å². The molecule has 17 heteroatoms. The second kappa shape index (κ2) is 17.6. The highest BCUT2D eigenvalue weighted by atomic mass is 35.5. The molecule has 1 aliphatic carbocycles. The van der Waals surface area contributed by atoms with Crippen LogP contribution in [0.1, 0.15) is 79.3 Å². The van der Waals surface area contributed by atoms with Gasteiger partial charge in [-0.2, -0.15) is 5.10 Å². The number of imide groups is 1. The van der Waals surface area contributed by atoms with Gasteiger partial charge in [0.2, 0.25) is 17.7 Å². The zero-order chi connectivity index (χ0) is 45.7. The third-order valence-electron chi connectivity index (χ3n) is 13.6. The number of aryl methyl sites for hydroxylation is 1. The van der Waals surface area contributed by atoms with E-state index in [-0.39, 0.29) is 76.1 Å². The highest BCUT2D eigenvalue weighted by molar-refractivity contribution is 6.34. The summed E-state index contributed by atoms with van der Waals surface area (Å²) >= 11 is 6.68. The van der Waals surface area contributed by atoms with Crippen LogP contribution in [0.5, 0.6) is 17.2 Å². The first-order valence-corrected chi connectivity index (χ1v) is 22.4. The summed E-state index contributed by atoms with van der Waals surface area (Å²) in [5.74, 6) is -2.25. The molecule has 1 saturated carbocycles. The van der Waals surface area contributed by atoms with Crippen molar-refractivity contribution in [3.63, 3.8) is 0 Å². The molecule has 5 amide bonds. The average molecular weight is 910 g/mol. The summed E-state index contributed by atoms with van der Waals surface area (Å²) in [4.78, 5) is 54.1. The SMILES string of the molecule is COc1ccc(C(N)=O)c(-c2c(Cl)c(F)cc3c2C(C)C(CNC2CCC(C(=O)N4CCC(Oc5ccc6c(N7CCC(=O)NC7=O)nn(C)c6c5)CC4)CC2)(c2ccccc2)O3)c1F. The summed E-state index contributed by atoms with van der Waals surface area (Å²) in [7, 11) is 3.09. The number of benzene rings is 4. The van der Waals surface area contributed by atoms with E-state index in [1.807, 2.05) is 60.4 Å². The predicted molar refractivity (Wildman–Crippen MR) is 239 cm³/mol. The highest BCUT2D eigenvalue weighted by Gasteiger charge is 2.50. The number of methoxy groups -OCH3 is 1. The monoisotopic (exact) mass is 909 g/mol. The molecule has 340 valence electrons. The van der Waals surface area contributed by atoms with Crippen LogP contribution in [0.15, 0.2) is 66.7 Å². The fraction of sp³-hybridized carbons (Fsp3) is 0.396. The Kier molecular flexibility index (Phi) is 11.9. The molecule has 3 aliphatic heterocycles. The van der Waals surface area contributed by atoms with Crippen molar-refractivity contribution in [1.82, 2.24) is 25.3 Å². The van der Waals surface area contributed by atoms with E-state index in [9.17, 15) is 19.2 Å². The Balaban J connectivity index is 0.840. The quantitative estimate of drug-likeness (QED) is 0.123. The van der Waals surface area contributed by atoms with Crippen molar-refractivity contribution in [3.05, 3.63) is 100 Å². The minimum atomic E-state index is -1.09. The number of fused-ring (bicyclic) bond motifs is 2. The highest BCUT2D eigenvalue weighted by Crippen LogP contribution is 2.56. The van der Waals surface area contributed by atoms with Crippen molar-refractivity contribution in [3.8, 4) is 28.4 Å². The molecular weight excluding hydrogens is 860 g/mol. The molecular formula is C48H50ClF2N7O7. The Bertz CT molecular complexity index is 2700. The Morgan fingerprint density at radius 3 is 2.42 bits per heavy atom. The minimum absolute atomic E-state index is 0.0152. The standard InChI is InChI=1S/C48H50ClF2N7O7/c1-26-39-37(24-34(50)42(49)41(39)40-33(44(52)60)15-16-36(63-3)43(40)51)65-48(26,28-7-5-4-6-8-28)25-53-29-11-9-27(10-12-29)46(61)57-20-17-30(18-21-57)64-31-13-14-32-35(23-31)56(2)55-45(32)58-22-19-38(59)54-47(58)62/h4-8,13-16,23-24,26-27,29-30,53H,9-12,17-22,25H2,1-3H3,(H2,52,60)(H,54,59,62). The number of hydrogen-bond acceptors (Lipinski definition) is 9. The van der Waals surface area contributed by atoms with Crippen molar-refractivity contribution in [1.29, 1.82) is 0 Å². The van der Waals surface area contributed by atoms with Crippen LogP contribution in [0.25, 0.3) is 22.0 Å². The number of nitrogens with two attached hydrogens (primary N) is 1. The summed E-state index contributed by atoms with van der Waals surface area (Å²) < 4.78 is 52.1. The van der Waals surface area contributed by atoms with Crippen LogP contribution in [-0.4, -0.2) is 83.9 Å². The number of carbonyl (C=O) groups is 4. The number of aromatic nitrogens is 2. The second-order valence-corrected chi connectivity index (χ2v) is 17.7. The first-order valence-electron chi connectivity index (χ1n) is 22.0. The van der Waals surface area contributed by atoms with Crippen molar-refractivity contribution in [2.75, 3.05) is 38.2 Å². The topological polar surface area (TPSA) is 170 Å². The lowest BCUT2D eigenvalue weighted by atomic mass is 9.77. The molecule has 14 nitrogen and oxygen atoms in total. The maximum absolute atomic E-state index is 16.2. The van der Waals surface area contributed by atoms with Crippen LogP contribution in [0, 0.1) is 17.6 Å². The molecule has 0 radical (unpaired) electrons. The largest absolute Gasteiger partial charge is 0.494 e. The maximum Gasteiger partial charge on any atom is 0.329 e. The number of ether oxygens (including phenoxy) is 3. The smallest absolute Gasteiger partial charge is 0.329 e. The Labute approximate surface area is 379 Å². The van der Waals surface area contributed by atoms with Crippen LogP contribution in [0.4, 0.5) is 19.4 Å². The Morgan fingerprint density at radius 2 is 1.72 bits per heavy atom. The summed E-state index contributed by atoms with van der Waals surface area (Å²) in [5, 5.41) is 11.0. The van der Waals surface area contributed by atoms with Gasteiger partial charge in [-0.25, -0.2) is 13.6 Å². The fourth-order valence-corrected chi connectivity index (χ4v) is 10.4. The van der Waals surface area contributed by atoms with Crippen LogP contribution in [-0.2, 0) is 22.2 Å². The summed E-state index contributed by atoms with van der Waals surface area (Å²) in [6.45, 7) is 3.66. The third kappa shape index (κ3) is 8.00. The predicted octanol–water partition coefficient (Wildman–Crippen LogP) is 7.34. The fourth-order valence-electron chi connectivity index (χ4n) is 10.1. The molecule has 2 saturated heterocycles. The first kappa shape index (κ1) is 44.0. The number of hydrogen-bond donors (Lipinski definition) is 3. The van der Waals surface area contributed by atoms with Gasteiger partial charge in [-0.05, 0) is 55.5 Å². The number of carbonyl (C=O) groups excluding carboxylic acids is 4. The number of primary amides is 1. The van der Waals surface area contributed by atoms with Gasteiger partial charge in [0.15, 0.2) is 23.0 Å². The Hall–Kier alpha value is -6.26. The molecule has 2 atom stereocenters. The van der Waals surface area contributed by atoms with E-state index in [0.29, 0.717) is 62.4 Å². The number of anilines is 1. The average Bonchev–Trinajstić information content (AvgIpc) is 3.78. The molecule has 2 unspecified atom stereocenters. The van der Waals surface area contributed by atoms with E-state index in [2.05, 4.69) is 15.7 Å². The van der Waals surface area contributed by atoms with Gasteiger partial charge in [-0.15, -0.1) is 0 Å². The molecule has 4 heterocycles. The molecule has 5 aromatic rings. The lowest BCUT2D eigenvalue weighted by Crippen LogP contribution is -2.49. The van der Waals surface area contributed by atoms with Gasteiger partial charge in [-0.3, -0.25) is 29.3 Å². The van der Waals surface area contributed by atoms with Crippen LogP contribution in [0.3, 0.4) is 0 Å². The van der Waals surface area contributed by atoms with Crippen molar-refractivity contribution in [2.24, 2.45) is 18.7 Å². The van der Waals surface area contributed by atoms with E-state index in [0.717, 1.165) is 29.3 Å². The van der Waals surface area contributed by atoms with E-state index in [4.69, 9.17) is 31.5 Å². The number of nitrogens with one attached hydrogen (secondary N) is 2. The van der Waals surface area contributed by atoms with Crippen molar-refractivity contribution >= 4 is 52.1 Å². The molecule has 0 spiro atoms. The molecule has 9 rings (SSSR count). The number of likely N-dealkylation sites (tertiary alicyclic amines) is 1. The van der Waals surface area contributed by atoms with Crippen LogP contribution in [0.2, 0.25) is 5.02 Å². The lowest BCUT2D eigenvalue weighted by molar-refractivity contribution is -0.138. The molecule has 1 aromatic heterocycles. The molecule has 4 aromatic carbocycles. The zero-order valence-corrected chi connectivity index (χ0v) is 37.1. The van der Waals surface area contributed by atoms with Gasteiger partial charge < -0.3 is 30.2 Å². The number of nitrogens with zero attached hydrogens (tertiary/aromatic N) is 4. The number of piperidine rings is 1. The van der Waals surface area contributed by atoms with Gasteiger partial charge in [-0.1, -0.05) is 48.9 Å². The number of amides is 5. The summed E-state index contributed by atoms with van der Waals surface area (Å²) in [6, 6.07) is 18.6. The molecule has 65 heavy (non-hydrogen) atoms. The van der Waals surface area contributed by atoms with Crippen molar-refractivity contribution in [2.45, 2.75) is 75.5 Å². The van der Waals surface area contributed by atoms with Gasteiger partial charge in [0, 0.05) is 105 Å². The van der Waals surface area contributed by atoms with E-state index in [1.54, 1.807) is 11.7 Å². The molecule has 3 fully saturated rings. The third-order valence-corrected chi connectivity index (χ3v) is 14.0. The van der Waals surface area contributed by atoms with E-state index >= 15 is 8.78 Å². The molecule has 4 aliphatic rings. The van der Waals surface area contributed by atoms with E-state index < -0.39 is 35.1 Å². The minimum Gasteiger partial charge on any atom is -0.494 e. The first-order chi connectivity index (χ1) is 31.3. The summed E-state index contributed by atoms with van der Waals surface area (Å²) in [6.07, 6.45) is 4.43. The van der Waals surface area contributed by atoms with Gasteiger partial charge >= 0.3 is 6.03 Å². The Morgan fingerprint density at radius 1 is 0.985 bits per heavy atom. The number of urea groups is 1. The second-order valence-electron chi connectivity index (χ2n) is 17.4. The van der Waals surface area contributed by atoms with Gasteiger partial charge in [0.1, 0.15) is 23.4 Å². The van der Waals surface area contributed by atoms with E-state index in [1.165, 1.54) is 30.2 Å². The molecule has 4 N–H and O–H groups in total. The van der Waals surface area contributed by atoms with Crippen molar-refractivity contribution < 1.29 is 42.2 Å². The van der Waals surface area contributed by atoms with Crippen LogP contribution < -0.4 is 35.5 Å². The number of halogens is 3. The number of rotatable bonds is 11. The molecule has 0 bridgehead atoms.